The number of hydrogen-bond acceptors (Lipinski definition) is 2. The predicted octanol–water partition coefficient (Wildman–Crippen LogP) is 7.94. The normalized spacial score (nSPS) is 12.7. The summed E-state index contributed by atoms with van der Waals surface area (Å²) in [7, 11) is 0. The van der Waals surface area contributed by atoms with Crippen LogP contribution in [0.5, 0.6) is 0 Å². The van der Waals surface area contributed by atoms with E-state index in [-0.39, 0.29) is 0 Å². The molecule has 2 aromatic rings. The minimum atomic E-state index is 0.663. The van der Waals surface area contributed by atoms with Crippen LogP contribution in [0.3, 0.4) is 0 Å². The van der Waals surface area contributed by atoms with E-state index in [9.17, 15) is 0 Å². The van der Waals surface area contributed by atoms with E-state index >= 15 is 0 Å². The quantitative estimate of drug-likeness (QED) is 0.426. The molecule has 0 saturated carbocycles. The second-order valence-corrected chi connectivity index (χ2v) is 8.97. The van der Waals surface area contributed by atoms with E-state index in [4.69, 9.17) is 0 Å². The van der Waals surface area contributed by atoms with Gasteiger partial charge >= 0.3 is 0 Å². The zero-order valence-electron chi connectivity index (χ0n) is 15.7. The van der Waals surface area contributed by atoms with Gasteiger partial charge in [-0.2, -0.15) is 11.8 Å². The van der Waals surface area contributed by atoms with Gasteiger partial charge in [0.2, 0.25) is 0 Å². The molecule has 0 aliphatic rings. The van der Waals surface area contributed by atoms with Crippen molar-refractivity contribution in [3.63, 3.8) is 0 Å². The lowest BCUT2D eigenvalue weighted by molar-refractivity contribution is 1.11. The monoisotopic (exact) mass is 368 g/mol. The van der Waals surface area contributed by atoms with Gasteiger partial charge in [0.25, 0.3) is 0 Å². The first-order valence-corrected chi connectivity index (χ1v) is 10.7. The second kappa shape index (κ2) is 9.84. The number of rotatable bonds is 8. The largest absolute Gasteiger partial charge is 0.154 e. The average Bonchev–Trinajstić information content (AvgIpc) is 3.09. The molecule has 0 N–H and O–H groups in total. The molecule has 0 radical (unpaired) electrons. The Morgan fingerprint density at radius 1 is 1.16 bits per heavy atom. The van der Waals surface area contributed by atoms with Gasteiger partial charge in [0, 0.05) is 15.5 Å². The highest BCUT2D eigenvalue weighted by Crippen LogP contribution is 2.33. The molecule has 0 spiro atoms. The van der Waals surface area contributed by atoms with Crippen LogP contribution in [-0.4, -0.2) is 11.0 Å². The SMILES string of the molecule is C=C/C=C(\C)c1ccc(-c2ccc(/C(=C/CC)CSC(C)C)cc2)s1. The zero-order valence-corrected chi connectivity index (χ0v) is 17.3. The first-order valence-electron chi connectivity index (χ1n) is 8.86. The first-order chi connectivity index (χ1) is 12.0. The molecule has 0 amide bonds. The number of benzene rings is 1. The number of thiophene rings is 1. The van der Waals surface area contributed by atoms with Gasteiger partial charge in [-0.25, -0.2) is 0 Å². The van der Waals surface area contributed by atoms with E-state index in [2.05, 4.69) is 82.8 Å². The molecule has 0 nitrogen and oxygen atoms in total. The Bertz CT molecular complexity index is 743. The first kappa shape index (κ1) is 19.8. The molecule has 0 bridgehead atoms. The van der Waals surface area contributed by atoms with Crippen LogP contribution in [0.25, 0.3) is 21.6 Å². The summed E-state index contributed by atoms with van der Waals surface area (Å²) in [6, 6.07) is 13.5. The van der Waals surface area contributed by atoms with Crippen molar-refractivity contribution < 1.29 is 0 Å². The summed E-state index contributed by atoms with van der Waals surface area (Å²) in [5.41, 5.74) is 5.35. The van der Waals surface area contributed by atoms with Crippen LogP contribution in [0.2, 0.25) is 0 Å². The molecule has 1 heterocycles. The Kier molecular flexibility index (Phi) is 7.80. The summed E-state index contributed by atoms with van der Waals surface area (Å²) in [6.45, 7) is 12.6. The molecule has 0 aliphatic heterocycles. The molecule has 1 aromatic heterocycles. The van der Waals surface area contributed by atoms with E-state index in [1.54, 1.807) is 0 Å². The van der Waals surface area contributed by atoms with E-state index < -0.39 is 0 Å². The maximum absolute atomic E-state index is 3.78. The third kappa shape index (κ3) is 5.76. The Balaban J connectivity index is 2.20. The molecule has 0 unspecified atom stereocenters. The highest BCUT2D eigenvalue weighted by Gasteiger charge is 2.07. The lowest BCUT2D eigenvalue weighted by Crippen LogP contribution is -1.94. The highest BCUT2D eigenvalue weighted by molar-refractivity contribution is 8.00. The average molecular weight is 369 g/mol. The van der Waals surface area contributed by atoms with Crippen molar-refractivity contribution in [2.75, 3.05) is 5.75 Å². The molecule has 0 atom stereocenters. The van der Waals surface area contributed by atoms with Crippen molar-refractivity contribution in [3.05, 3.63) is 71.6 Å². The molecule has 1 aromatic carbocycles. The van der Waals surface area contributed by atoms with Gasteiger partial charge in [0.05, 0.1) is 0 Å². The third-order valence-corrected chi connectivity index (χ3v) is 6.34. The summed E-state index contributed by atoms with van der Waals surface area (Å²) < 4.78 is 0. The van der Waals surface area contributed by atoms with Crippen LogP contribution in [0.1, 0.15) is 44.6 Å². The lowest BCUT2D eigenvalue weighted by Gasteiger charge is -2.10. The maximum atomic E-state index is 3.78. The summed E-state index contributed by atoms with van der Waals surface area (Å²) in [5, 5.41) is 0.663. The van der Waals surface area contributed by atoms with Crippen molar-refractivity contribution in [3.8, 4) is 10.4 Å². The smallest absolute Gasteiger partial charge is 0.0349 e. The van der Waals surface area contributed by atoms with Crippen molar-refractivity contribution in [1.29, 1.82) is 0 Å². The van der Waals surface area contributed by atoms with Gasteiger partial charge in [-0.3, -0.25) is 0 Å². The van der Waals surface area contributed by atoms with E-state index in [0.717, 1.165) is 12.2 Å². The second-order valence-electron chi connectivity index (χ2n) is 6.32. The fourth-order valence-corrected chi connectivity index (χ4v) is 4.36. The van der Waals surface area contributed by atoms with Crippen LogP contribution in [0.4, 0.5) is 0 Å². The summed E-state index contributed by atoms with van der Waals surface area (Å²) in [6.07, 6.45) is 7.35. The fraction of sp³-hybridized carbons (Fsp3) is 0.304. The number of thioether (sulfide) groups is 1. The Morgan fingerprint density at radius 2 is 1.88 bits per heavy atom. The third-order valence-electron chi connectivity index (χ3n) is 3.93. The van der Waals surface area contributed by atoms with Gasteiger partial charge in [0.15, 0.2) is 0 Å². The predicted molar refractivity (Wildman–Crippen MR) is 119 cm³/mol. The molecular formula is C23H28S2. The molecule has 2 rings (SSSR count). The van der Waals surface area contributed by atoms with Gasteiger partial charge in [-0.05, 0) is 53.0 Å². The minimum absolute atomic E-state index is 0.663. The summed E-state index contributed by atoms with van der Waals surface area (Å²) in [4.78, 5) is 2.62. The molecule has 2 heteroatoms. The molecule has 132 valence electrons. The zero-order chi connectivity index (χ0) is 18.2. The van der Waals surface area contributed by atoms with Crippen molar-refractivity contribution >= 4 is 34.2 Å². The Morgan fingerprint density at radius 3 is 2.48 bits per heavy atom. The standard InChI is InChI=1S/C23H28S2/c1-6-8-18(5)22-14-15-23(25-22)20-12-10-19(11-13-20)21(9-7-2)16-24-17(3)4/h6,8-15,17H,1,7,16H2,2-5H3/b18-8+,21-9+. The number of hydrogen-bond donors (Lipinski definition) is 0. The van der Waals surface area contributed by atoms with Gasteiger partial charge in [-0.1, -0.05) is 69.8 Å². The fourth-order valence-electron chi connectivity index (χ4n) is 2.58. The van der Waals surface area contributed by atoms with Gasteiger partial charge in [0.1, 0.15) is 0 Å². The maximum Gasteiger partial charge on any atom is 0.0349 e. The summed E-state index contributed by atoms with van der Waals surface area (Å²) in [5.74, 6) is 1.08. The van der Waals surface area contributed by atoms with Crippen LogP contribution in [0.15, 0.2) is 61.2 Å². The van der Waals surface area contributed by atoms with Crippen LogP contribution < -0.4 is 0 Å². The van der Waals surface area contributed by atoms with Crippen molar-refractivity contribution in [2.24, 2.45) is 0 Å². The molecule has 25 heavy (non-hydrogen) atoms. The lowest BCUT2D eigenvalue weighted by atomic mass is 10.0. The minimum Gasteiger partial charge on any atom is -0.154 e. The summed E-state index contributed by atoms with van der Waals surface area (Å²) >= 11 is 3.84. The van der Waals surface area contributed by atoms with E-state index in [1.165, 1.54) is 32.0 Å². The van der Waals surface area contributed by atoms with Gasteiger partial charge < -0.3 is 0 Å². The molecular weight excluding hydrogens is 340 g/mol. The Hall–Kier alpha value is -1.51. The van der Waals surface area contributed by atoms with Crippen LogP contribution in [0, 0.1) is 0 Å². The van der Waals surface area contributed by atoms with Gasteiger partial charge in [-0.15, -0.1) is 11.3 Å². The van der Waals surface area contributed by atoms with E-state index in [0.29, 0.717) is 5.25 Å². The topological polar surface area (TPSA) is 0 Å². The van der Waals surface area contributed by atoms with Crippen LogP contribution in [-0.2, 0) is 0 Å². The Labute approximate surface area is 161 Å². The molecule has 0 saturated heterocycles. The van der Waals surface area contributed by atoms with E-state index in [1.807, 2.05) is 29.2 Å². The molecule has 0 fully saturated rings. The molecule has 0 aliphatic carbocycles. The van der Waals surface area contributed by atoms with Crippen LogP contribution >= 0.6 is 23.1 Å². The highest BCUT2D eigenvalue weighted by atomic mass is 32.2. The van der Waals surface area contributed by atoms with Crippen molar-refractivity contribution in [1.82, 2.24) is 0 Å². The number of allylic oxidation sites excluding steroid dienone is 4. The van der Waals surface area contributed by atoms with Crippen molar-refractivity contribution in [2.45, 2.75) is 39.4 Å².